The first-order chi connectivity index (χ1) is 11.8. The lowest BCUT2D eigenvalue weighted by atomic mass is 10.1. The lowest BCUT2D eigenvalue weighted by molar-refractivity contribution is 0.275. The predicted molar refractivity (Wildman–Crippen MR) is 116 cm³/mol. The lowest BCUT2D eigenvalue weighted by Gasteiger charge is -2.21. The Morgan fingerprint density at radius 3 is 1.12 bits per heavy atom. The minimum absolute atomic E-state index is 1.01. The third kappa shape index (κ3) is 18.6. The van der Waals surface area contributed by atoms with Crippen molar-refractivity contribution in [3.63, 3.8) is 0 Å². The van der Waals surface area contributed by atoms with E-state index in [1.54, 1.807) is 0 Å². The number of hydrogen-bond donors (Lipinski definition) is 1. The highest BCUT2D eigenvalue weighted by Crippen LogP contribution is 2.11. The van der Waals surface area contributed by atoms with Crippen LogP contribution in [0.1, 0.15) is 117 Å². The molecule has 0 N–H and O–H groups in total. The maximum absolute atomic E-state index is 4.44. The van der Waals surface area contributed by atoms with Crippen molar-refractivity contribution in [2.24, 2.45) is 0 Å². The van der Waals surface area contributed by atoms with Crippen LogP contribution < -0.4 is 0 Å². The number of unbranched alkanes of at least 4 members (excludes halogenated alkanes) is 14. The van der Waals surface area contributed by atoms with Crippen LogP contribution in [0.2, 0.25) is 0 Å². The van der Waals surface area contributed by atoms with E-state index in [2.05, 4.69) is 31.4 Å². The van der Waals surface area contributed by atoms with E-state index in [-0.39, 0.29) is 0 Å². The molecule has 2 heteroatoms. The third-order valence-electron chi connectivity index (χ3n) is 5.07. The molecule has 0 aliphatic carbocycles. The standard InChI is InChI=1S/C22H47NS/c1-3-5-7-9-11-13-15-17-19-23(21-22-24)20-18-16-14-12-10-8-6-4-2/h24H,3-22H2,1-2H3. The smallest absolute Gasteiger partial charge is 0.00698 e. The molecule has 0 bridgehead atoms. The Bertz CT molecular complexity index is 200. The van der Waals surface area contributed by atoms with Crippen LogP contribution >= 0.6 is 12.6 Å². The molecule has 24 heavy (non-hydrogen) atoms. The van der Waals surface area contributed by atoms with Crippen molar-refractivity contribution in [1.29, 1.82) is 0 Å². The van der Waals surface area contributed by atoms with E-state index in [1.165, 1.54) is 122 Å². The molecule has 0 atom stereocenters. The highest BCUT2D eigenvalue weighted by molar-refractivity contribution is 7.80. The Hall–Kier alpha value is 0.310. The Balaban J connectivity index is 3.43. The number of nitrogens with zero attached hydrogens (tertiary/aromatic N) is 1. The second kappa shape index (κ2) is 21.4. The molecule has 0 amide bonds. The molecule has 0 spiro atoms. The summed E-state index contributed by atoms with van der Waals surface area (Å²) in [6.45, 7) is 8.36. The lowest BCUT2D eigenvalue weighted by Crippen LogP contribution is -2.28. The van der Waals surface area contributed by atoms with Crippen molar-refractivity contribution < 1.29 is 0 Å². The molecule has 0 aliphatic rings. The number of rotatable bonds is 20. The van der Waals surface area contributed by atoms with E-state index in [1.807, 2.05) is 0 Å². The molecule has 0 unspecified atom stereocenters. The highest BCUT2D eigenvalue weighted by Gasteiger charge is 2.03. The van der Waals surface area contributed by atoms with Gasteiger partial charge in [0.15, 0.2) is 0 Å². The summed E-state index contributed by atoms with van der Waals surface area (Å²) in [7, 11) is 0. The van der Waals surface area contributed by atoms with Crippen LogP contribution in [0.3, 0.4) is 0 Å². The maximum Gasteiger partial charge on any atom is 0.00698 e. The first-order valence-electron chi connectivity index (χ1n) is 11.2. The zero-order valence-corrected chi connectivity index (χ0v) is 17.9. The van der Waals surface area contributed by atoms with Crippen LogP contribution in [-0.4, -0.2) is 30.3 Å². The Labute approximate surface area is 159 Å². The van der Waals surface area contributed by atoms with Crippen LogP contribution in [-0.2, 0) is 0 Å². The predicted octanol–water partition coefficient (Wildman–Crippen LogP) is 7.50. The van der Waals surface area contributed by atoms with Gasteiger partial charge < -0.3 is 4.90 Å². The SMILES string of the molecule is CCCCCCCCCCN(CCS)CCCCCCCCCC. The summed E-state index contributed by atoms with van der Waals surface area (Å²) in [5.74, 6) is 1.01. The van der Waals surface area contributed by atoms with E-state index >= 15 is 0 Å². The topological polar surface area (TPSA) is 3.24 Å². The first kappa shape index (κ1) is 24.3. The van der Waals surface area contributed by atoms with E-state index in [9.17, 15) is 0 Å². The molecule has 146 valence electrons. The van der Waals surface area contributed by atoms with Gasteiger partial charge in [-0.05, 0) is 25.9 Å². The van der Waals surface area contributed by atoms with Crippen LogP contribution in [0.25, 0.3) is 0 Å². The van der Waals surface area contributed by atoms with Crippen molar-refractivity contribution in [2.45, 2.75) is 117 Å². The van der Waals surface area contributed by atoms with Gasteiger partial charge in [0.25, 0.3) is 0 Å². The minimum atomic E-state index is 1.01. The minimum Gasteiger partial charge on any atom is -0.303 e. The van der Waals surface area contributed by atoms with Gasteiger partial charge in [-0.2, -0.15) is 12.6 Å². The molecule has 0 heterocycles. The van der Waals surface area contributed by atoms with Crippen LogP contribution in [0.5, 0.6) is 0 Å². The van der Waals surface area contributed by atoms with E-state index < -0.39 is 0 Å². The van der Waals surface area contributed by atoms with Gasteiger partial charge in [-0.15, -0.1) is 0 Å². The van der Waals surface area contributed by atoms with Gasteiger partial charge in [-0.3, -0.25) is 0 Å². The van der Waals surface area contributed by atoms with Gasteiger partial charge in [0, 0.05) is 12.3 Å². The molecule has 0 fully saturated rings. The summed E-state index contributed by atoms with van der Waals surface area (Å²) >= 11 is 4.44. The average molecular weight is 358 g/mol. The second-order valence-corrected chi connectivity index (χ2v) is 7.96. The van der Waals surface area contributed by atoms with Gasteiger partial charge in [-0.25, -0.2) is 0 Å². The molecule has 0 aromatic carbocycles. The van der Waals surface area contributed by atoms with Gasteiger partial charge in [0.2, 0.25) is 0 Å². The summed E-state index contributed by atoms with van der Waals surface area (Å²) < 4.78 is 0. The molecule has 0 saturated heterocycles. The van der Waals surface area contributed by atoms with Crippen LogP contribution in [0, 0.1) is 0 Å². The third-order valence-corrected chi connectivity index (χ3v) is 5.27. The molecular formula is C22H47NS. The van der Waals surface area contributed by atoms with Gasteiger partial charge in [0.05, 0.1) is 0 Å². The molecule has 0 aliphatic heterocycles. The first-order valence-corrected chi connectivity index (χ1v) is 11.8. The fourth-order valence-corrected chi connectivity index (χ4v) is 3.70. The summed E-state index contributed by atoms with van der Waals surface area (Å²) in [5, 5.41) is 0. The molecule has 0 aromatic rings. The Morgan fingerprint density at radius 2 is 0.792 bits per heavy atom. The Morgan fingerprint density at radius 1 is 0.458 bits per heavy atom. The van der Waals surface area contributed by atoms with E-state index in [0.29, 0.717) is 0 Å². The van der Waals surface area contributed by atoms with Crippen molar-refractivity contribution in [3.05, 3.63) is 0 Å². The van der Waals surface area contributed by atoms with E-state index in [0.717, 1.165) is 5.75 Å². The van der Waals surface area contributed by atoms with Gasteiger partial charge >= 0.3 is 0 Å². The molecular weight excluding hydrogens is 310 g/mol. The average Bonchev–Trinajstić information content (AvgIpc) is 2.59. The van der Waals surface area contributed by atoms with Crippen LogP contribution in [0.4, 0.5) is 0 Å². The van der Waals surface area contributed by atoms with E-state index in [4.69, 9.17) is 0 Å². The van der Waals surface area contributed by atoms with Gasteiger partial charge in [0.1, 0.15) is 0 Å². The fraction of sp³-hybridized carbons (Fsp3) is 1.00. The molecule has 0 saturated carbocycles. The second-order valence-electron chi connectivity index (χ2n) is 7.51. The van der Waals surface area contributed by atoms with Crippen molar-refractivity contribution in [1.82, 2.24) is 4.90 Å². The molecule has 0 radical (unpaired) electrons. The summed E-state index contributed by atoms with van der Waals surface area (Å²) in [5.41, 5.74) is 0. The normalized spacial score (nSPS) is 11.5. The summed E-state index contributed by atoms with van der Waals surface area (Å²) in [4.78, 5) is 2.65. The largest absolute Gasteiger partial charge is 0.303 e. The zero-order valence-electron chi connectivity index (χ0n) is 17.0. The summed E-state index contributed by atoms with van der Waals surface area (Å²) in [6.07, 6.45) is 22.8. The summed E-state index contributed by atoms with van der Waals surface area (Å²) in [6, 6.07) is 0. The van der Waals surface area contributed by atoms with Crippen LogP contribution in [0.15, 0.2) is 0 Å². The Kier molecular flexibility index (Phi) is 21.6. The monoisotopic (exact) mass is 357 g/mol. The number of hydrogen-bond acceptors (Lipinski definition) is 2. The van der Waals surface area contributed by atoms with Crippen molar-refractivity contribution in [3.8, 4) is 0 Å². The molecule has 0 aromatic heterocycles. The highest BCUT2D eigenvalue weighted by atomic mass is 32.1. The molecule has 1 nitrogen and oxygen atoms in total. The van der Waals surface area contributed by atoms with Crippen molar-refractivity contribution >= 4 is 12.6 Å². The fourth-order valence-electron chi connectivity index (χ4n) is 3.42. The van der Waals surface area contributed by atoms with Crippen molar-refractivity contribution in [2.75, 3.05) is 25.4 Å². The maximum atomic E-state index is 4.44. The number of thiol groups is 1. The molecule has 0 rings (SSSR count). The quantitative estimate of drug-likeness (QED) is 0.174. The zero-order chi connectivity index (χ0) is 17.7. The van der Waals surface area contributed by atoms with Gasteiger partial charge in [-0.1, -0.05) is 104 Å².